The summed E-state index contributed by atoms with van der Waals surface area (Å²) in [6, 6.07) is 12.3. The molecular formula is C26H34N6O5. The van der Waals surface area contributed by atoms with E-state index in [1.165, 1.54) is 9.70 Å². The molecule has 0 bridgehead atoms. The summed E-state index contributed by atoms with van der Waals surface area (Å²) in [6.45, 7) is 6.80. The van der Waals surface area contributed by atoms with Crippen LogP contribution in [0.25, 0.3) is 11.4 Å². The van der Waals surface area contributed by atoms with Crippen molar-refractivity contribution < 1.29 is 23.8 Å². The molecule has 0 atom stereocenters. The lowest BCUT2D eigenvalue weighted by Crippen LogP contribution is -2.43. The van der Waals surface area contributed by atoms with E-state index in [-0.39, 0.29) is 24.9 Å². The fourth-order valence-corrected chi connectivity index (χ4v) is 3.52. The number of nitrogens with zero attached hydrogens (tertiary/aromatic N) is 5. The van der Waals surface area contributed by atoms with Crippen molar-refractivity contribution in [2.75, 3.05) is 38.8 Å². The number of benzene rings is 2. The third-order valence-electron chi connectivity index (χ3n) is 5.48. The molecule has 2 aromatic carbocycles. The van der Waals surface area contributed by atoms with Gasteiger partial charge in [0.15, 0.2) is 11.5 Å². The zero-order chi connectivity index (χ0) is 26.8. The quantitative estimate of drug-likeness (QED) is 0.373. The molecule has 1 N–H and O–H groups in total. The molecule has 0 radical (unpaired) electrons. The van der Waals surface area contributed by atoms with Crippen LogP contribution in [0.2, 0.25) is 0 Å². The number of nitrogens with one attached hydrogen (secondary N) is 1. The van der Waals surface area contributed by atoms with Crippen LogP contribution in [0.4, 0.5) is 5.69 Å². The number of ether oxygens (including phenoxy) is 3. The number of amides is 2. The first kappa shape index (κ1) is 27.4. The Hall–Kier alpha value is -4.15. The zero-order valence-electron chi connectivity index (χ0n) is 21.9. The first-order valence-electron chi connectivity index (χ1n) is 12.1. The molecule has 37 heavy (non-hydrogen) atoms. The molecule has 0 unspecified atom stereocenters. The number of rotatable bonds is 13. The molecular weight excluding hydrogens is 476 g/mol. The van der Waals surface area contributed by atoms with Crippen LogP contribution in [0, 0.1) is 5.92 Å². The molecule has 0 aliphatic carbocycles. The normalized spacial score (nSPS) is 10.8. The largest absolute Gasteiger partial charge is 0.494 e. The highest BCUT2D eigenvalue weighted by molar-refractivity contribution is 5.98. The molecule has 0 saturated carbocycles. The standard InChI is InChI=1S/C26H34N6O5/c1-6-37-21-10-8-20(9-11-21)31(16-24(33)27-14-13-18(2)3)25(34)17-32-29-26(28-30-32)19-7-12-22(35-4)23(15-19)36-5/h7-12,15,18H,6,13-14,16-17H2,1-5H3,(H,27,33). The molecule has 0 aliphatic rings. The predicted octanol–water partition coefficient (Wildman–Crippen LogP) is 2.95. The van der Waals surface area contributed by atoms with E-state index in [1.807, 2.05) is 6.92 Å². The van der Waals surface area contributed by atoms with Gasteiger partial charge in [0.2, 0.25) is 11.7 Å². The van der Waals surface area contributed by atoms with E-state index in [1.54, 1.807) is 56.7 Å². The number of carbonyl (C=O) groups is 2. The van der Waals surface area contributed by atoms with Crippen LogP contribution in [0.5, 0.6) is 17.2 Å². The second-order valence-electron chi connectivity index (χ2n) is 8.65. The predicted molar refractivity (Wildman–Crippen MR) is 139 cm³/mol. The van der Waals surface area contributed by atoms with Crippen LogP contribution in [0.1, 0.15) is 27.2 Å². The van der Waals surface area contributed by atoms with E-state index in [2.05, 4.69) is 34.6 Å². The third-order valence-corrected chi connectivity index (χ3v) is 5.48. The van der Waals surface area contributed by atoms with E-state index >= 15 is 0 Å². The Bertz CT molecular complexity index is 1180. The van der Waals surface area contributed by atoms with Crippen molar-refractivity contribution >= 4 is 17.5 Å². The van der Waals surface area contributed by atoms with E-state index in [0.29, 0.717) is 53.4 Å². The monoisotopic (exact) mass is 510 g/mol. The van der Waals surface area contributed by atoms with Gasteiger partial charge in [-0.15, -0.1) is 10.2 Å². The van der Waals surface area contributed by atoms with E-state index in [4.69, 9.17) is 14.2 Å². The number of anilines is 1. The Labute approximate surface area is 216 Å². The number of carbonyl (C=O) groups excluding carboxylic acids is 2. The van der Waals surface area contributed by atoms with Crippen molar-refractivity contribution in [1.29, 1.82) is 0 Å². The Morgan fingerprint density at radius 3 is 2.43 bits per heavy atom. The molecule has 1 heterocycles. The first-order valence-corrected chi connectivity index (χ1v) is 12.1. The summed E-state index contributed by atoms with van der Waals surface area (Å²) in [4.78, 5) is 28.6. The Morgan fingerprint density at radius 2 is 1.78 bits per heavy atom. The third kappa shape index (κ3) is 7.66. The summed E-state index contributed by atoms with van der Waals surface area (Å²) in [5.41, 5.74) is 1.22. The molecule has 2 amide bonds. The minimum Gasteiger partial charge on any atom is -0.494 e. The lowest BCUT2D eigenvalue weighted by atomic mass is 10.1. The number of methoxy groups -OCH3 is 2. The smallest absolute Gasteiger partial charge is 0.251 e. The van der Waals surface area contributed by atoms with Gasteiger partial charge in [-0.3, -0.25) is 9.59 Å². The zero-order valence-corrected chi connectivity index (χ0v) is 21.9. The second kappa shape index (κ2) is 13.2. The van der Waals surface area contributed by atoms with Crippen LogP contribution in [-0.4, -0.2) is 65.9 Å². The van der Waals surface area contributed by atoms with Crippen LogP contribution < -0.4 is 24.4 Å². The molecule has 11 nitrogen and oxygen atoms in total. The summed E-state index contributed by atoms with van der Waals surface area (Å²) in [5, 5.41) is 15.3. The van der Waals surface area contributed by atoms with Gasteiger partial charge in [-0.25, -0.2) is 0 Å². The number of hydrogen-bond acceptors (Lipinski definition) is 8. The van der Waals surface area contributed by atoms with Gasteiger partial charge in [0.1, 0.15) is 18.8 Å². The van der Waals surface area contributed by atoms with Gasteiger partial charge < -0.3 is 24.4 Å². The summed E-state index contributed by atoms with van der Waals surface area (Å²) < 4.78 is 16.1. The Morgan fingerprint density at radius 1 is 1.05 bits per heavy atom. The van der Waals surface area contributed by atoms with Crippen molar-refractivity contribution in [3.05, 3.63) is 42.5 Å². The van der Waals surface area contributed by atoms with Gasteiger partial charge in [0.25, 0.3) is 5.91 Å². The van der Waals surface area contributed by atoms with Crippen LogP contribution >= 0.6 is 0 Å². The molecule has 1 aromatic heterocycles. The fraction of sp³-hybridized carbons (Fsp3) is 0.423. The van der Waals surface area contributed by atoms with Crippen molar-refractivity contribution in [1.82, 2.24) is 25.5 Å². The topological polar surface area (TPSA) is 121 Å². The van der Waals surface area contributed by atoms with Crippen LogP contribution in [0.3, 0.4) is 0 Å². The average molecular weight is 511 g/mol. The maximum Gasteiger partial charge on any atom is 0.251 e. The van der Waals surface area contributed by atoms with Crippen molar-refractivity contribution in [3.63, 3.8) is 0 Å². The van der Waals surface area contributed by atoms with Crippen molar-refractivity contribution in [3.8, 4) is 28.6 Å². The summed E-state index contributed by atoms with van der Waals surface area (Å²) in [5.74, 6) is 1.96. The lowest BCUT2D eigenvalue weighted by Gasteiger charge is -2.22. The minimum absolute atomic E-state index is 0.137. The van der Waals surface area contributed by atoms with Gasteiger partial charge >= 0.3 is 0 Å². The van der Waals surface area contributed by atoms with Gasteiger partial charge in [0, 0.05) is 17.8 Å². The molecule has 0 saturated heterocycles. The second-order valence-corrected chi connectivity index (χ2v) is 8.65. The molecule has 3 aromatic rings. The van der Waals surface area contributed by atoms with Gasteiger partial charge in [0.05, 0.1) is 20.8 Å². The van der Waals surface area contributed by atoms with E-state index in [9.17, 15) is 9.59 Å². The number of tetrazole rings is 1. The van der Waals surface area contributed by atoms with E-state index in [0.717, 1.165) is 6.42 Å². The lowest BCUT2D eigenvalue weighted by molar-refractivity contribution is -0.124. The van der Waals surface area contributed by atoms with Crippen LogP contribution in [-0.2, 0) is 16.1 Å². The molecule has 198 valence electrons. The maximum atomic E-state index is 13.3. The highest BCUT2D eigenvalue weighted by Gasteiger charge is 2.21. The first-order chi connectivity index (χ1) is 17.8. The molecule has 11 heteroatoms. The molecule has 0 spiro atoms. The Balaban J connectivity index is 1.77. The van der Waals surface area contributed by atoms with Crippen molar-refractivity contribution in [2.45, 2.75) is 33.7 Å². The number of aromatic nitrogens is 4. The minimum atomic E-state index is -0.362. The molecule has 3 rings (SSSR count). The van der Waals surface area contributed by atoms with Gasteiger partial charge in [-0.05, 0) is 66.9 Å². The Kier molecular flexibility index (Phi) is 9.82. The van der Waals surface area contributed by atoms with Crippen LogP contribution in [0.15, 0.2) is 42.5 Å². The SMILES string of the molecule is CCOc1ccc(N(CC(=O)NCCC(C)C)C(=O)Cn2nnc(-c3ccc(OC)c(OC)c3)n2)cc1. The maximum absolute atomic E-state index is 13.3. The summed E-state index contributed by atoms with van der Waals surface area (Å²) in [7, 11) is 3.09. The molecule has 0 aliphatic heterocycles. The molecule has 0 fully saturated rings. The van der Waals surface area contributed by atoms with Gasteiger partial charge in [-0.2, -0.15) is 4.80 Å². The fourth-order valence-electron chi connectivity index (χ4n) is 3.52. The summed E-state index contributed by atoms with van der Waals surface area (Å²) in [6.07, 6.45) is 0.852. The van der Waals surface area contributed by atoms with E-state index < -0.39 is 0 Å². The van der Waals surface area contributed by atoms with Gasteiger partial charge in [-0.1, -0.05) is 13.8 Å². The highest BCUT2D eigenvalue weighted by Crippen LogP contribution is 2.30. The van der Waals surface area contributed by atoms with Crippen molar-refractivity contribution in [2.24, 2.45) is 5.92 Å². The average Bonchev–Trinajstić information content (AvgIpc) is 3.35. The highest BCUT2D eigenvalue weighted by atomic mass is 16.5. The summed E-state index contributed by atoms with van der Waals surface area (Å²) >= 11 is 0. The number of hydrogen-bond donors (Lipinski definition) is 1.